The van der Waals surface area contributed by atoms with E-state index >= 15 is 0 Å². The highest BCUT2D eigenvalue weighted by Crippen LogP contribution is 2.29. The summed E-state index contributed by atoms with van der Waals surface area (Å²) < 4.78 is 28.9. The van der Waals surface area contributed by atoms with E-state index in [0.29, 0.717) is 6.04 Å². The Labute approximate surface area is 122 Å². The summed E-state index contributed by atoms with van der Waals surface area (Å²) in [5.41, 5.74) is 0.110. The highest BCUT2D eigenvalue weighted by atomic mass is 32.2. The van der Waals surface area contributed by atoms with E-state index in [1.54, 1.807) is 7.11 Å². The van der Waals surface area contributed by atoms with Gasteiger partial charge in [0.25, 0.3) is 0 Å². The highest BCUT2D eigenvalue weighted by molar-refractivity contribution is 7.91. The molecule has 0 aromatic rings. The number of hydrogen-bond donors (Lipinski definition) is 2. The van der Waals surface area contributed by atoms with Crippen LogP contribution >= 0.6 is 0 Å². The molecule has 2 rings (SSSR count). The molecule has 2 fully saturated rings. The predicted octanol–water partition coefficient (Wildman–Crippen LogP) is 0.697. The van der Waals surface area contributed by atoms with Gasteiger partial charge in [-0.1, -0.05) is 0 Å². The van der Waals surface area contributed by atoms with Gasteiger partial charge in [0.2, 0.25) is 0 Å². The molecule has 0 bridgehead atoms. The maximum atomic E-state index is 11.8. The Balaban J connectivity index is 2.06. The number of rotatable bonds is 3. The zero-order chi connectivity index (χ0) is 15.2. The number of sulfone groups is 1. The molecule has 0 unspecified atom stereocenters. The summed E-state index contributed by atoms with van der Waals surface area (Å²) in [6, 6.07) is 0.233. The lowest BCUT2D eigenvalue weighted by molar-refractivity contribution is 0.0787. The van der Waals surface area contributed by atoms with E-state index in [2.05, 4.69) is 38.3 Å². The van der Waals surface area contributed by atoms with Gasteiger partial charge in [-0.3, -0.25) is 0 Å². The number of nitrogens with one attached hydrogen (secondary N) is 2. The number of methoxy groups -OCH3 is 1. The van der Waals surface area contributed by atoms with E-state index in [0.717, 1.165) is 12.8 Å². The molecule has 0 aliphatic carbocycles. The third kappa shape index (κ3) is 3.93. The molecule has 0 amide bonds. The molecule has 0 saturated carbocycles. The average Bonchev–Trinajstić information content (AvgIpc) is 2.47. The number of piperidine rings is 1. The van der Waals surface area contributed by atoms with Crippen LogP contribution in [0.25, 0.3) is 0 Å². The van der Waals surface area contributed by atoms with E-state index in [-0.39, 0.29) is 34.7 Å². The first-order chi connectivity index (χ1) is 9.02. The topological polar surface area (TPSA) is 67.4 Å². The Kier molecular flexibility index (Phi) is 4.24. The Morgan fingerprint density at radius 2 is 1.65 bits per heavy atom. The zero-order valence-electron chi connectivity index (χ0n) is 13.2. The molecule has 6 heteroatoms. The summed E-state index contributed by atoms with van der Waals surface area (Å²) in [5, 5.41) is 7.18. The van der Waals surface area contributed by atoms with Gasteiger partial charge in [-0.2, -0.15) is 0 Å². The lowest BCUT2D eigenvalue weighted by Gasteiger charge is -2.47. The fourth-order valence-corrected chi connectivity index (χ4v) is 5.81. The molecule has 0 radical (unpaired) electrons. The van der Waals surface area contributed by atoms with Gasteiger partial charge in [0.05, 0.1) is 17.6 Å². The lowest BCUT2D eigenvalue weighted by atomic mass is 9.79. The second-order valence-corrected chi connectivity index (χ2v) is 9.78. The van der Waals surface area contributed by atoms with Crippen molar-refractivity contribution >= 4 is 9.84 Å². The van der Waals surface area contributed by atoms with Crippen LogP contribution in [-0.2, 0) is 14.6 Å². The van der Waals surface area contributed by atoms with E-state index in [9.17, 15) is 8.42 Å². The molecule has 0 aromatic heterocycles. The fraction of sp³-hybridized carbons (Fsp3) is 1.00. The van der Waals surface area contributed by atoms with Crippen molar-refractivity contribution in [1.29, 1.82) is 0 Å². The van der Waals surface area contributed by atoms with Crippen molar-refractivity contribution in [2.45, 2.75) is 69.8 Å². The Morgan fingerprint density at radius 3 is 2.15 bits per heavy atom. The van der Waals surface area contributed by atoms with Gasteiger partial charge >= 0.3 is 0 Å². The van der Waals surface area contributed by atoms with Crippen LogP contribution in [0.2, 0.25) is 0 Å². The van der Waals surface area contributed by atoms with E-state index in [4.69, 9.17) is 4.74 Å². The third-order valence-electron chi connectivity index (χ3n) is 4.24. The van der Waals surface area contributed by atoms with Crippen molar-refractivity contribution in [3.05, 3.63) is 0 Å². The SMILES string of the molecule is CO[C@@H]1CS(=O)(=O)C[C@H]1NC1CC(C)(C)NC(C)(C)C1. The third-order valence-corrected chi connectivity index (χ3v) is 5.95. The number of hydrogen-bond acceptors (Lipinski definition) is 5. The molecule has 2 atom stereocenters. The van der Waals surface area contributed by atoms with E-state index in [1.807, 2.05) is 0 Å². The maximum absolute atomic E-state index is 11.8. The van der Waals surface area contributed by atoms with Crippen LogP contribution in [-0.4, -0.2) is 56.3 Å². The second kappa shape index (κ2) is 5.23. The Bertz CT molecular complexity index is 443. The van der Waals surface area contributed by atoms with Gasteiger partial charge in [-0.15, -0.1) is 0 Å². The summed E-state index contributed by atoms with van der Waals surface area (Å²) in [4.78, 5) is 0. The first-order valence-corrected chi connectivity index (χ1v) is 9.13. The molecule has 20 heavy (non-hydrogen) atoms. The molecule has 0 spiro atoms. The molecule has 2 aliphatic rings. The van der Waals surface area contributed by atoms with Crippen LogP contribution < -0.4 is 10.6 Å². The molecule has 0 aromatic carbocycles. The van der Waals surface area contributed by atoms with E-state index in [1.165, 1.54) is 0 Å². The minimum atomic E-state index is -2.97. The van der Waals surface area contributed by atoms with Crippen molar-refractivity contribution in [2.75, 3.05) is 18.6 Å². The summed E-state index contributed by atoms with van der Waals surface area (Å²) >= 11 is 0. The molecule has 2 N–H and O–H groups in total. The van der Waals surface area contributed by atoms with Crippen LogP contribution in [0, 0.1) is 0 Å². The molecule has 2 saturated heterocycles. The largest absolute Gasteiger partial charge is 0.379 e. The van der Waals surface area contributed by atoms with E-state index < -0.39 is 9.84 Å². The molecule has 2 aliphatic heterocycles. The van der Waals surface area contributed by atoms with Crippen molar-refractivity contribution < 1.29 is 13.2 Å². The van der Waals surface area contributed by atoms with Crippen LogP contribution in [0.3, 0.4) is 0 Å². The standard InChI is InChI=1S/C14H28N2O3S/c1-13(2)6-10(7-14(3,4)16-13)15-11-8-20(17,18)9-12(11)19-5/h10-12,15-16H,6-9H2,1-5H3/t11-,12-/m1/s1. The lowest BCUT2D eigenvalue weighted by Crippen LogP contribution is -2.63. The fourth-order valence-electron chi connectivity index (χ4n) is 3.95. The minimum Gasteiger partial charge on any atom is -0.379 e. The smallest absolute Gasteiger partial charge is 0.154 e. The normalized spacial score (nSPS) is 36.0. The van der Waals surface area contributed by atoms with Crippen molar-refractivity contribution in [1.82, 2.24) is 10.6 Å². The summed E-state index contributed by atoms with van der Waals surface area (Å²) in [6.07, 6.45) is 1.76. The van der Waals surface area contributed by atoms with Crippen LogP contribution in [0.1, 0.15) is 40.5 Å². The monoisotopic (exact) mass is 304 g/mol. The second-order valence-electron chi connectivity index (χ2n) is 7.62. The Morgan fingerprint density at radius 1 is 1.10 bits per heavy atom. The summed E-state index contributed by atoms with van der Waals surface area (Å²) in [5.74, 6) is 0.329. The summed E-state index contributed by atoms with van der Waals surface area (Å²) in [7, 11) is -1.37. The van der Waals surface area contributed by atoms with Gasteiger partial charge in [0.15, 0.2) is 9.84 Å². The quantitative estimate of drug-likeness (QED) is 0.803. The minimum absolute atomic E-state index is 0.0550. The molecular formula is C14H28N2O3S. The van der Waals surface area contributed by atoms with Crippen LogP contribution in [0.5, 0.6) is 0 Å². The average molecular weight is 304 g/mol. The van der Waals surface area contributed by atoms with Crippen molar-refractivity contribution in [3.63, 3.8) is 0 Å². The van der Waals surface area contributed by atoms with Gasteiger partial charge in [0, 0.05) is 30.3 Å². The van der Waals surface area contributed by atoms with Gasteiger partial charge < -0.3 is 15.4 Å². The first kappa shape index (κ1) is 16.2. The van der Waals surface area contributed by atoms with Crippen molar-refractivity contribution in [2.24, 2.45) is 0 Å². The van der Waals surface area contributed by atoms with Crippen molar-refractivity contribution in [3.8, 4) is 0 Å². The Hall–Kier alpha value is -0.170. The van der Waals surface area contributed by atoms with Gasteiger partial charge in [-0.25, -0.2) is 8.42 Å². The van der Waals surface area contributed by atoms with Crippen LogP contribution in [0.15, 0.2) is 0 Å². The molecule has 5 nitrogen and oxygen atoms in total. The zero-order valence-corrected chi connectivity index (χ0v) is 14.0. The predicted molar refractivity (Wildman–Crippen MR) is 80.7 cm³/mol. The maximum Gasteiger partial charge on any atom is 0.154 e. The molecule has 2 heterocycles. The van der Waals surface area contributed by atoms with Gasteiger partial charge in [0.1, 0.15) is 0 Å². The molecular weight excluding hydrogens is 276 g/mol. The van der Waals surface area contributed by atoms with Gasteiger partial charge in [-0.05, 0) is 40.5 Å². The number of ether oxygens (including phenoxy) is 1. The molecule has 118 valence electrons. The first-order valence-electron chi connectivity index (χ1n) is 7.31. The summed E-state index contributed by atoms with van der Waals surface area (Å²) in [6.45, 7) is 8.78. The van der Waals surface area contributed by atoms with Crippen LogP contribution in [0.4, 0.5) is 0 Å². The highest BCUT2D eigenvalue weighted by Gasteiger charge is 2.42.